The second-order valence-corrected chi connectivity index (χ2v) is 5.93. The predicted molar refractivity (Wildman–Crippen MR) is 90.8 cm³/mol. The minimum Gasteiger partial charge on any atom is -0.355 e. The Morgan fingerprint density at radius 1 is 1.18 bits per heavy atom. The normalized spacial score (nSPS) is 13.7. The molecule has 2 nitrogen and oxygen atoms in total. The van der Waals surface area contributed by atoms with E-state index < -0.39 is 0 Å². The van der Waals surface area contributed by atoms with Crippen molar-refractivity contribution in [3.05, 3.63) is 76.9 Å². The standard InChI is InChI=1S/C20H21NO/c1-15(17-6-3-2-4-7-17)14-21-20(22)13-16-10-11-18-8-5-9-19(18)12-16/h2-7,9-12,15H,8,13-14H2,1H3,(H,21,22). The Kier molecular flexibility index (Phi) is 4.38. The van der Waals surface area contributed by atoms with E-state index in [9.17, 15) is 4.79 Å². The molecule has 2 aromatic carbocycles. The Bertz CT molecular complexity index is 688. The highest BCUT2D eigenvalue weighted by molar-refractivity contribution is 5.79. The third kappa shape index (κ3) is 3.45. The molecule has 0 aromatic heterocycles. The van der Waals surface area contributed by atoms with Gasteiger partial charge in [0.2, 0.25) is 5.91 Å². The van der Waals surface area contributed by atoms with Gasteiger partial charge in [-0.25, -0.2) is 0 Å². The fourth-order valence-electron chi connectivity index (χ4n) is 2.82. The van der Waals surface area contributed by atoms with Crippen LogP contribution in [0.1, 0.15) is 35.1 Å². The van der Waals surface area contributed by atoms with Gasteiger partial charge in [0.15, 0.2) is 0 Å². The highest BCUT2D eigenvalue weighted by Crippen LogP contribution is 2.21. The summed E-state index contributed by atoms with van der Waals surface area (Å²) in [5.41, 5.74) is 4.94. The van der Waals surface area contributed by atoms with E-state index in [-0.39, 0.29) is 5.91 Å². The molecule has 0 spiro atoms. The molecule has 112 valence electrons. The minimum absolute atomic E-state index is 0.0877. The molecule has 0 aliphatic heterocycles. The van der Waals surface area contributed by atoms with Crippen LogP contribution < -0.4 is 5.32 Å². The predicted octanol–water partition coefficient (Wildman–Crippen LogP) is 3.72. The van der Waals surface area contributed by atoms with Crippen molar-refractivity contribution in [2.75, 3.05) is 6.54 Å². The Balaban J connectivity index is 1.53. The Labute approximate surface area is 131 Å². The molecule has 22 heavy (non-hydrogen) atoms. The number of allylic oxidation sites excluding steroid dienone is 1. The molecule has 1 amide bonds. The molecule has 0 heterocycles. The quantitative estimate of drug-likeness (QED) is 0.894. The van der Waals surface area contributed by atoms with E-state index in [1.807, 2.05) is 18.2 Å². The van der Waals surface area contributed by atoms with Crippen LogP contribution in [0.5, 0.6) is 0 Å². The maximum absolute atomic E-state index is 12.1. The van der Waals surface area contributed by atoms with Crippen molar-refractivity contribution < 1.29 is 4.79 Å². The van der Waals surface area contributed by atoms with Gasteiger partial charge in [-0.05, 0) is 34.6 Å². The van der Waals surface area contributed by atoms with Gasteiger partial charge in [0.05, 0.1) is 6.42 Å². The lowest BCUT2D eigenvalue weighted by atomic mass is 10.0. The summed E-state index contributed by atoms with van der Waals surface area (Å²) in [4.78, 5) is 12.1. The van der Waals surface area contributed by atoms with Gasteiger partial charge in [-0.1, -0.05) is 67.6 Å². The summed E-state index contributed by atoms with van der Waals surface area (Å²) in [6.07, 6.45) is 5.75. The van der Waals surface area contributed by atoms with Gasteiger partial charge in [0.1, 0.15) is 0 Å². The van der Waals surface area contributed by atoms with E-state index in [0.717, 1.165) is 12.0 Å². The van der Waals surface area contributed by atoms with Gasteiger partial charge < -0.3 is 5.32 Å². The van der Waals surface area contributed by atoms with Gasteiger partial charge in [-0.15, -0.1) is 0 Å². The van der Waals surface area contributed by atoms with Crippen molar-refractivity contribution in [2.45, 2.75) is 25.7 Å². The fraction of sp³-hybridized carbons (Fsp3) is 0.250. The summed E-state index contributed by atoms with van der Waals surface area (Å²) < 4.78 is 0. The molecule has 0 fully saturated rings. The maximum atomic E-state index is 12.1. The molecule has 1 N–H and O–H groups in total. The third-order valence-corrected chi connectivity index (χ3v) is 4.18. The first-order chi connectivity index (χ1) is 10.7. The summed E-state index contributed by atoms with van der Waals surface area (Å²) in [5.74, 6) is 0.415. The molecule has 3 rings (SSSR count). The zero-order chi connectivity index (χ0) is 15.4. The largest absolute Gasteiger partial charge is 0.355 e. The average Bonchev–Trinajstić information content (AvgIpc) is 3.01. The van der Waals surface area contributed by atoms with E-state index >= 15 is 0 Å². The van der Waals surface area contributed by atoms with Crippen LogP contribution in [-0.2, 0) is 17.6 Å². The summed E-state index contributed by atoms with van der Waals surface area (Å²) in [6.45, 7) is 2.81. The number of benzene rings is 2. The van der Waals surface area contributed by atoms with Crippen LogP contribution in [-0.4, -0.2) is 12.5 Å². The van der Waals surface area contributed by atoms with Gasteiger partial charge in [-0.2, -0.15) is 0 Å². The zero-order valence-electron chi connectivity index (χ0n) is 12.9. The molecule has 0 bridgehead atoms. The molecular formula is C20H21NO. The van der Waals surface area contributed by atoms with Gasteiger partial charge in [0, 0.05) is 6.54 Å². The molecule has 2 heteroatoms. The smallest absolute Gasteiger partial charge is 0.224 e. The maximum Gasteiger partial charge on any atom is 0.224 e. The van der Waals surface area contributed by atoms with Crippen molar-refractivity contribution in [3.63, 3.8) is 0 Å². The molecule has 1 unspecified atom stereocenters. The van der Waals surface area contributed by atoms with E-state index in [1.165, 1.54) is 16.7 Å². The van der Waals surface area contributed by atoms with Crippen molar-refractivity contribution in [1.29, 1.82) is 0 Å². The van der Waals surface area contributed by atoms with Gasteiger partial charge in [-0.3, -0.25) is 4.79 Å². The second-order valence-electron chi connectivity index (χ2n) is 5.93. The van der Waals surface area contributed by atoms with Gasteiger partial charge >= 0.3 is 0 Å². The molecule has 1 aliphatic carbocycles. The van der Waals surface area contributed by atoms with Crippen LogP contribution in [0.3, 0.4) is 0 Å². The van der Waals surface area contributed by atoms with Crippen LogP contribution in [0.4, 0.5) is 0 Å². The van der Waals surface area contributed by atoms with Crippen molar-refractivity contribution in [1.82, 2.24) is 5.32 Å². The Morgan fingerprint density at radius 2 is 2.00 bits per heavy atom. The molecular weight excluding hydrogens is 270 g/mol. The first-order valence-corrected chi connectivity index (χ1v) is 7.82. The van der Waals surface area contributed by atoms with Crippen molar-refractivity contribution in [2.24, 2.45) is 0 Å². The Hall–Kier alpha value is -2.35. The van der Waals surface area contributed by atoms with Gasteiger partial charge in [0.25, 0.3) is 0 Å². The number of carbonyl (C=O) groups is 1. The lowest BCUT2D eigenvalue weighted by Crippen LogP contribution is -2.28. The molecule has 0 saturated carbocycles. The monoisotopic (exact) mass is 291 g/mol. The number of rotatable bonds is 5. The molecule has 1 atom stereocenters. The SMILES string of the molecule is CC(CNC(=O)Cc1ccc2c(c1)C=CC2)c1ccccc1. The minimum atomic E-state index is 0.0877. The van der Waals surface area contributed by atoms with Crippen LogP contribution in [0.25, 0.3) is 6.08 Å². The number of carbonyl (C=O) groups excluding carboxylic acids is 1. The highest BCUT2D eigenvalue weighted by Gasteiger charge is 2.10. The molecule has 0 radical (unpaired) electrons. The molecule has 1 aliphatic rings. The van der Waals surface area contributed by atoms with E-state index in [2.05, 4.69) is 54.7 Å². The lowest BCUT2D eigenvalue weighted by Gasteiger charge is -2.13. The van der Waals surface area contributed by atoms with E-state index in [1.54, 1.807) is 0 Å². The average molecular weight is 291 g/mol. The number of hydrogen-bond donors (Lipinski definition) is 1. The van der Waals surface area contributed by atoms with Crippen molar-refractivity contribution >= 4 is 12.0 Å². The number of amides is 1. The van der Waals surface area contributed by atoms with Crippen LogP contribution in [0.15, 0.2) is 54.6 Å². The van der Waals surface area contributed by atoms with E-state index in [4.69, 9.17) is 0 Å². The fourth-order valence-corrected chi connectivity index (χ4v) is 2.82. The second kappa shape index (κ2) is 6.61. The first kappa shape index (κ1) is 14.6. The first-order valence-electron chi connectivity index (χ1n) is 7.82. The van der Waals surface area contributed by atoms with Crippen LogP contribution >= 0.6 is 0 Å². The number of hydrogen-bond acceptors (Lipinski definition) is 1. The van der Waals surface area contributed by atoms with E-state index in [0.29, 0.717) is 18.9 Å². The zero-order valence-corrected chi connectivity index (χ0v) is 12.9. The third-order valence-electron chi connectivity index (χ3n) is 4.18. The number of fused-ring (bicyclic) bond motifs is 1. The molecule has 0 saturated heterocycles. The Morgan fingerprint density at radius 3 is 2.82 bits per heavy atom. The summed E-state index contributed by atoms with van der Waals surface area (Å²) in [5, 5.41) is 3.04. The van der Waals surface area contributed by atoms with Crippen LogP contribution in [0.2, 0.25) is 0 Å². The summed E-state index contributed by atoms with van der Waals surface area (Å²) in [7, 11) is 0. The topological polar surface area (TPSA) is 29.1 Å². The van der Waals surface area contributed by atoms with Crippen molar-refractivity contribution in [3.8, 4) is 0 Å². The summed E-state index contributed by atoms with van der Waals surface area (Å²) in [6, 6.07) is 16.6. The number of nitrogens with one attached hydrogen (secondary N) is 1. The highest BCUT2D eigenvalue weighted by atomic mass is 16.1. The molecule has 2 aromatic rings. The summed E-state index contributed by atoms with van der Waals surface area (Å²) >= 11 is 0. The lowest BCUT2D eigenvalue weighted by molar-refractivity contribution is -0.120. The van der Waals surface area contributed by atoms with Crippen LogP contribution in [0, 0.1) is 0 Å².